The summed E-state index contributed by atoms with van der Waals surface area (Å²) in [5, 5.41) is 6.33. The zero-order valence-electron chi connectivity index (χ0n) is 16.7. The Morgan fingerprint density at radius 1 is 1.07 bits per heavy atom. The fourth-order valence-corrected chi connectivity index (χ4v) is 3.26. The number of benzene rings is 2. The Labute approximate surface area is 168 Å². The minimum absolute atomic E-state index is 0.121. The van der Waals surface area contributed by atoms with E-state index < -0.39 is 0 Å². The third kappa shape index (κ3) is 3.85. The lowest BCUT2D eigenvalue weighted by Gasteiger charge is -2.09. The maximum Gasteiger partial charge on any atom is 0.277 e. The molecule has 4 rings (SSSR count). The number of rotatable bonds is 6. The first-order valence-electron chi connectivity index (χ1n) is 9.44. The average Bonchev–Trinajstić information content (AvgIpc) is 3.14. The van der Waals surface area contributed by atoms with E-state index in [9.17, 15) is 4.79 Å². The molecule has 0 saturated carbocycles. The van der Waals surface area contributed by atoms with Gasteiger partial charge in [-0.2, -0.15) is 9.50 Å². The molecule has 4 aromatic rings. The topological polar surface area (TPSA) is 84.3 Å². The van der Waals surface area contributed by atoms with Gasteiger partial charge in [0.1, 0.15) is 11.6 Å². The van der Waals surface area contributed by atoms with E-state index in [-0.39, 0.29) is 5.56 Å². The Morgan fingerprint density at radius 2 is 1.83 bits per heavy atom. The molecule has 0 aliphatic heterocycles. The van der Waals surface area contributed by atoms with Crippen molar-refractivity contribution in [2.45, 2.75) is 26.8 Å². The van der Waals surface area contributed by atoms with Crippen LogP contribution >= 0.6 is 0 Å². The third-order valence-electron chi connectivity index (χ3n) is 4.90. The fourth-order valence-electron chi connectivity index (χ4n) is 3.26. The van der Waals surface area contributed by atoms with Crippen LogP contribution in [0.5, 0.6) is 5.75 Å². The first-order chi connectivity index (χ1) is 14.0. The molecule has 0 aliphatic carbocycles. The maximum atomic E-state index is 13.0. The van der Waals surface area contributed by atoms with Crippen LogP contribution in [0.25, 0.3) is 5.78 Å². The molecule has 2 heterocycles. The molecule has 2 aromatic heterocycles. The van der Waals surface area contributed by atoms with Crippen LogP contribution in [0, 0.1) is 13.8 Å². The van der Waals surface area contributed by atoms with E-state index in [0.717, 1.165) is 17.0 Å². The van der Waals surface area contributed by atoms with Crippen molar-refractivity contribution < 1.29 is 4.74 Å². The number of aromatic nitrogens is 4. The molecular weight excluding hydrogens is 366 g/mol. The first kappa shape index (κ1) is 18.7. The number of H-pyrrole nitrogens is 1. The summed E-state index contributed by atoms with van der Waals surface area (Å²) in [5.41, 5.74) is 4.37. The zero-order valence-corrected chi connectivity index (χ0v) is 16.7. The molecule has 2 N–H and O–H groups in total. The van der Waals surface area contributed by atoms with E-state index >= 15 is 0 Å². The normalized spacial score (nSPS) is 11.0. The third-order valence-corrected chi connectivity index (χ3v) is 4.90. The molecule has 7 nitrogen and oxygen atoms in total. The van der Waals surface area contributed by atoms with Crippen LogP contribution in [0.1, 0.15) is 28.2 Å². The van der Waals surface area contributed by atoms with Crippen LogP contribution in [0.3, 0.4) is 0 Å². The van der Waals surface area contributed by atoms with Crippen LogP contribution in [0.15, 0.2) is 53.3 Å². The number of para-hydroxylation sites is 2. The molecule has 7 heteroatoms. The number of anilines is 1. The predicted molar refractivity (Wildman–Crippen MR) is 113 cm³/mol. The van der Waals surface area contributed by atoms with Gasteiger partial charge in [0, 0.05) is 12.0 Å². The number of nitrogens with zero attached hydrogens (tertiary/aromatic N) is 3. The van der Waals surface area contributed by atoms with Crippen molar-refractivity contribution in [2.24, 2.45) is 0 Å². The Morgan fingerprint density at radius 3 is 2.59 bits per heavy atom. The van der Waals surface area contributed by atoms with Crippen LogP contribution in [0.2, 0.25) is 0 Å². The van der Waals surface area contributed by atoms with Crippen molar-refractivity contribution in [2.75, 3.05) is 12.4 Å². The highest BCUT2D eigenvalue weighted by atomic mass is 16.5. The summed E-state index contributed by atoms with van der Waals surface area (Å²) in [6.45, 7) is 4.31. The van der Waals surface area contributed by atoms with Crippen molar-refractivity contribution in [3.8, 4) is 5.75 Å². The highest BCUT2D eigenvalue weighted by molar-refractivity contribution is 5.56. The highest BCUT2D eigenvalue weighted by Gasteiger charge is 2.14. The minimum atomic E-state index is -0.121. The standard InChI is InChI=1S/C22H23N5O2/c1-14-8-10-16(11-9-14)12-17-15(2)24-22-25-20(26-27(22)21(17)28)13-23-18-6-4-5-7-19(18)29-3/h4-11,23H,12-13H2,1-3H3,(H,24,25,26). The molecule has 2 aromatic carbocycles. The molecule has 148 valence electrons. The quantitative estimate of drug-likeness (QED) is 0.529. The van der Waals surface area contributed by atoms with Gasteiger partial charge in [0.25, 0.3) is 11.3 Å². The Balaban J connectivity index is 1.61. The molecule has 29 heavy (non-hydrogen) atoms. The second kappa shape index (κ2) is 7.79. The van der Waals surface area contributed by atoms with Crippen LogP contribution in [0.4, 0.5) is 5.69 Å². The van der Waals surface area contributed by atoms with Gasteiger partial charge in [0.05, 0.1) is 25.0 Å². The molecule has 0 aliphatic rings. The van der Waals surface area contributed by atoms with E-state index in [1.54, 1.807) is 7.11 Å². The molecule has 0 fully saturated rings. The number of nitrogens with one attached hydrogen (secondary N) is 2. The van der Waals surface area contributed by atoms with Gasteiger partial charge >= 0.3 is 0 Å². The second-order valence-corrected chi connectivity index (χ2v) is 7.00. The van der Waals surface area contributed by atoms with Crippen LogP contribution in [-0.4, -0.2) is 26.7 Å². The summed E-state index contributed by atoms with van der Waals surface area (Å²) in [7, 11) is 1.63. The molecule has 0 radical (unpaired) electrons. The lowest BCUT2D eigenvalue weighted by atomic mass is 10.0. The number of aryl methyl sites for hydroxylation is 2. The molecular formula is C22H23N5O2. The molecule has 0 saturated heterocycles. The average molecular weight is 389 g/mol. The van der Waals surface area contributed by atoms with Crippen LogP contribution in [-0.2, 0) is 13.0 Å². The summed E-state index contributed by atoms with van der Waals surface area (Å²) < 4.78 is 6.76. The number of fused-ring (bicyclic) bond motifs is 1. The van der Waals surface area contributed by atoms with Gasteiger partial charge in [-0.15, -0.1) is 0 Å². The Bertz CT molecular complexity index is 1210. The lowest BCUT2D eigenvalue weighted by Crippen LogP contribution is -2.22. The summed E-state index contributed by atoms with van der Waals surface area (Å²) in [6.07, 6.45) is 0.536. The van der Waals surface area contributed by atoms with Gasteiger partial charge in [0.15, 0.2) is 0 Å². The number of hydrogen-bond donors (Lipinski definition) is 2. The molecule has 0 amide bonds. The Hall–Kier alpha value is -3.61. The summed E-state index contributed by atoms with van der Waals surface area (Å²) >= 11 is 0. The van der Waals surface area contributed by atoms with E-state index in [0.29, 0.717) is 35.8 Å². The highest BCUT2D eigenvalue weighted by Crippen LogP contribution is 2.23. The number of methoxy groups -OCH3 is 1. The Kier molecular flexibility index (Phi) is 5.03. The second-order valence-electron chi connectivity index (χ2n) is 7.00. The van der Waals surface area contributed by atoms with Gasteiger partial charge in [-0.3, -0.25) is 9.89 Å². The zero-order chi connectivity index (χ0) is 20.4. The van der Waals surface area contributed by atoms with Crippen molar-refractivity contribution in [1.82, 2.24) is 19.6 Å². The summed E-state index contributed by atoms with van der Waals surface area (Å²) in [6, 6.07) is 15.8. The predicted octanol–water partition coefficient (Wildman–Crippen LogP) is 3.25. The van der Waals surface area contributed by atoms with Crippen LogP contribution < -0.4 is 15.6 Å². The van der Waals surface area contributed by atoms with Gasteiger partial charge < -0.3 is 10.1 Å². The molecule has 0 bridgehead atoms. The van der Waals surface area contributed by atoms with Gasteiger partial charge in [-0.1, -0.05) is 42.0 Å². The first-order valence-corrected chi connectivity index (χ1v) is 9.44. The van der Waals surface area contributed by atoms with Crippen molar-refractivity contribution in [1.29, 1.82) is 0 Å². The van der Waals surface area contributed by atoms with E-state index in [2.05, 4.69) is 20.4 Å². The smallest absolute Gasteiger partial charge is 0.277 e. The minimum Gasteiger partial charge on any atom is -0.495 e. The summed E-state index contributed by atoms with van der Waals surface area (Å²) in [5.74, 6) is 1.74. The number of aromatic amines is 1. The lowest BCUT2D eigenvalue weighted by molar-refractivity contribution is 0.416. The fraction of sp³-hybridized carbons (Fsp3) is 0.227. The summed E-state index contributed by atoms with van der Waals surface area (Å²) in [4.78, 5) is 22.0. The van der Waals surface area contributed by atoms with Crippen molar-refractivity contribution in [3.63, 3.8) is 0 Å². The molecule has 0 atom stereocenters. The SMILES string of the molecule is COc1ccccc1NCc1nc2nc(C)c(Cc3ccc(C)cc3)c(=O)n2[nH]1. The monoisotopic (exact) mass is 389 g/mol. The van der Waals surface area contributed by atoms with Gasteiger partial charge in [-0.05, 0) is 31.5 Å². The van der Waals surface area contributed by atoms with Crippen molar-refractivity contribution in [3.05, 3.63) is 87.1 Å². The number of ether oxygens (including phenoxy) is 1. The van der Waals surface area contributed by atoms with E-state index in [1.165, 1.54) is 10.1 Å². The largest absolute Gasteiger partial charge is 0.495 e. The van der Waals surface area contributed by atoms with Gasteiger partial charge in [-0.25, -0.2) is 4.98 Å². The number of hydrogen-bond acceptors (Lipinski definition) is 5. The van der Waals surface area contributed by atoms with E-state index in [1.807, 2.05) is 62.4 Å². The molecule has 0 unspecified atom stereocenters. The van der Waals surface area contributed by atoms with E-state index in [4.69, 9.17) is 4.74 Å². The maximum absolute atomic E-state index is 13.0. The van der Waals surface area contributed by atoms with Crippen molar-refractivity contribution >= 4 is 11.5 Å². The molecule has 0 spiro atoms. The van der Waals surface area contributed by atoms with Gasteiger partial charge in [0.2, 0.25) is 0 Å².